The maximum atomic E-state index is 5.60. The smallest absolute Gasteiger partial charge is 0.129 e. The summed E-state index contributed by atoms with van der Waals surface area (Å²) >= 11 is 0. The molecule has 1 aromatic rings. The molecule has 21 heavy (non-hydrogen) atoms. The summed E-state index contributed by atoms with van der Waals surface area (Å²) in [4.78, 5) is 0. The van der Waals surface area contributed by atoms with E-state index in [1.165, 1.54) is 25.7 Å². The van der Waals surface area contributed by atoms with Gasteiger partial charge in [-0.1, -0.05) is 20.8 Å². The van der Waals surface area contributed by atoms with Gasteiger partial charge in [0.05, 0.1) is 6.26 Å². The summed E-state index contributed by atoms with van der Waals surface area (Å²) in [6.45, 7) is 9.57. The standard InChI is InChI=1S/C18H31NO2/c1-18(2,3)15-7-9-16(10-8-15)19-11-5-12-20-14-17-6-4-13-21-17/h4,6,13,15-16,19H,5,7-12,14H2,1-3H3. The van der Waals surface area contributed by atoms with Crippen molar-refractivity contribution in [2.24, 2.45) is 11.3 Å². The van der Waals surface area contributed by atoms with Crippen molar-refractivity contribution in [1.82, 2.24) is 5.32 Å². The lowest BCUT2D eigenvalue weighted by atomic mass is 9.71. The highest BCUT2D eigenvalue weighted by Gasteiger charge is 2.29. The van der Waals surface area contributed by atoms with Gasteiger partial charge in [0.1, 0.15) is 12.4 Å². The van der Waals surface area contributed by atoms with Crippen LogP contribution >= 0.6 is 0 Å². The van der Waals surface area contributed by atoms with E-state index in [1.54, 1.807) is 6.26 Å². The van der Waals surface area contributed by atoms with Crippen LogP contribution in [-0.4, -0.2) is 19.2 Å². The molecule has 1 fully saturated rings. The molecule has 2 rings (SSSR count). The van der Waals surface area contributed by atoms with Crippen LogP contribution in [0.1, 0.15) is 58.6 Å². The molecule has 1 aromatic heterocycles. The van der Waals surface area contributed by atoms with Gasteiger partial charge in [-0.05, 0) is 62.1 Å². The molecule has 0 radical (unpaired) electrons. The maximum absolute atomic E-state index is 5.60. The summed E-state index contributed by atoms with van der Waals surface area (Å²) in [5.41, 5.74) is 0.477. The van der Waals surface area contributed by atoms with E-state index in [0.29, 0.717) is 18.1 Å². The number of nitrogens with one attached hydrogen (secondary N) is 1. The first-order chi connectivity index (χ1) is 10.1. The Morgan fingerprint density at radius 3 is 2.62 bits per heavy atom. The highest BCUT2D eigenvalue weighted by Crippen LogP contribution is 2.37. The minimum atomic E-state index is 0.477. The second-order valence-corrected chi connectivity index (χ2v) is 7.35. The molecule has 120 valence electrons. The van der Waals surface area contributed by atoms with Gasteiger partial charge in [-0.2, -0.15) is 0 Å². The van der Waals surface area contributed by atoms with E-state index >= 15 is 0 Å². The van der Waals surface area contributed by atoms with E-state index in [1.807, 2.05) is 12.1 Å². The summed E-state index contributed by atoms with van der Waals surface area (Å²) in [6, 6.07) is 4.56. The first-order valence-corrected chi connectivity index (χ1v) is 8.39. The Bertz CT molecular complexity index is 372. The van der Waals surface area contributed by atoms with Crippen LogP contribution in [0.25, 0.3) is 0 Å². The van der Waals surface area contributed by atoms with E-state index in [0.717, 1.165) is 31.3 Å². The van der Waals surface area contributed by atoms with Gasteiger partial charge in [0.2, 0.25) is 0 Å². The molecule has 0 bridgehead atoms. The first-order valence-electron chi connectivity index (χ1n) is 8.39. The van der Waals surface area contributed by atoms with Crippen LogP contribution in [0.4, 0.5) is 0 Å². The monoisotopic (exact) mass is 293 g/mol. The molecule has 0 saturated heterocycles. The lowest BCUT2D eigenvalue weighted by Crippen LogP contribution is -2.36. The van der Waals surface area contributed by atoms with Crippen molar-refractivity contribution in [3.8, 4) is 0 Å². The second-order valence-electron chi connectivity index (χ2n) is 7.35. The molecule has 0 amide bonds. The largest absolute Gasteiger partial charge is 0.467 e. The molecule has 0 spiro atoms. The van der Waals surface area contributed by atoms with Crippen molar-refractivity contribution >= 4 is 0 Å². The molecule has 1 aliphatic carbocycles. The first kappa shape index (κ1) is 16.6. The fourth-order valence-corrected chi connectivity index (χ4v) is 3.21. The van der Waals surface area contributed by atoms with Crippen molar-refractivity contribution in [2.45, 2.75) is 65.5 Å². The zero-order chi connectivity index (χ0) is 15.1. The van der Waals surface area contributed by atoms with Crippen molar-refractivity contribution in [3.63, 3.8) is 0 Å². The van der Waals surface area contributed by atoms with Crippen molar-refractivity contribution in [2.75, 3.05) is 13.2 Å². The fraction of sp³-hybridized carbons (Fsp3) is 0.778. The van der Waals surface area contributed by atoms with Crippen LogP contribution in [0.15, 0.2) is 22.8 Å². The van der Waals surface area contributed by atoms with Crippen LogP contribution in [0.3, 0.4) is 0 Å². The van der Waals surface area contributed by atoms with Gasteiger partial charge < -0.3 is 14.5 Å². The van der Waals surface area contributed by atoms with Crippen LogP contribution in [0, 0.1) is 11.3 Å². The quantitative estimate of drug-likeness (QED) is 0.758. The Hall–Kier alpha value is -0.800. The third-order valence-electron chi connectivity index (χ3n) is 4.67. The van der Waals surface area contributed by atoms with Gasteiger partial charge >= 0.3 is 0 Å². The highest BCUT2D eigenvalue weighted by molar-refractivity contribution is 4.95. The minimum absolute atomic E-state index is 0.477. The lowest BCUT2D eigenvalue weighted by Gasteiger charge is -2.37. The van der Waals surface area contributed by atoms with Gasteiger partial charge in [0, 0.05) is 12.6 Å². The van der Waals surface area contributed by atoms with Crippen molar-refractivity contribution in [1.29, 1.82) is 0 Å². The molecule has 1 aliphatic rings. The number of rotatable bonds is 7. The van der Waals surface area contributed by atoms with Crippen LogP contribution in [0.5, 0.6) is 0 Å². The van der Waals surface area contributed by atoms with Crippen LogP contribution in [-0.2, 0) is 11.3 Å². The van der Waals surface area contributed by atoms with Gasteiger partial charge in [-0.3, -0.25) is 0 Å². The molecule has 3 nitrogen and oxygen atoms in total. The lowest BCUT2D eigenvalue weighted by molar-refractivity contribution is 0.102. The van der Waals surface area contributed by atoms with E-state index in [4.69, 9.17) is 9.15 Å². The molecular formula is C18H31NO2. The third-order valence-corrected chi connectivity index (χ3v) is 4.67. The minimum Gasteiger partial charge on any atom is -0.467 e. The van der Waals surface area contributed by atoms with Crippen LogP contribution in [0.2, 0.25) is 0 Å². The number of furan rings is 1. The summed E-state index contributed by atoms with van der Waals surface area (Å²) in [5, 5.41) is 3.68. The van der Waals surface area contributed by atoms with E-state index in [2.05, 4.69) is 26.1 Å². The topological polar surface area (TPSA) is 34.4 Å². The molecular weight excluding hydrogens is 262 g/mol. The van der Waals surface area contributed by atoms with E-state index in [9.17, 15) is 0 Å². The number of ether oxygens (including phenoxy) is 1. The summed E-state index contributed by atoms with van der Waals surface area (Å²) in [5.74, 6) is 1.80. The molecule has 0 atom stereocenters. The van der Waals surface area contributed by atoms with Crippen molar-refractivity contribution in [3.05, 3.63) is 24.2 Å². The Morgan fingerprint density at radius 2 is 2.00 bits per heavy atom. The van der Waals surface area contributed by atoms with E-state index in [-0.39, 0.29) is 0 Å². The summed E-state index contributed by atoms with van der Waals surface area (Å²) in [7, 11) is 0. The van der Waals surface area contributed by atoms with E-state index < -0.39 is 0 Å². The normalized spacial score (nSPS) is 23.4. The molecule has 0 aromatic carbocycles. The average Bonchev–Trinajstić information content (AvgIpc) is 2.95. The molecule has 1 saturated carbocycles. The van der Waals surface area contributed by atoms with Gasteiger partial charge in [-0.25, -0.2) is 0 Å². The zero-order valence-corrected chi connectivity index (χ0v) is 13.9. The van der Waals surface area contributed by atoms with Gasteiger partial charge in [0.15, 0.2) is 0 Å². The maximum Gasteiger partial charge on any atom is 0.129 e. The number of hydrogen-bond donors (Lipinski definition) is 1. The van der Waals surface area contributed by atoms with Gasteiger partial charge in [-0.15, -0.1) is 0 Å². The SMILES string of the molecule is CC(C)(C)C1CCC(NCCCOCc2ccco2)CC1. The summed E-state index contributed by atoms with van der Waals surface area (Å²) < 4.78 is 10.8. The molecule has 3 heteroatoms. The Balaban J connectivity index is 1.48. The summed E-state index contributed by atoms with van der Waals surface area (Å²) in [6.07, 6.45) is 8.16. The fourth-order valence-electron chi connectivity index (χ4n) is 3.21. The Morgan fingerprint density at radius 1 is 1.24 bits per heavy atom. The third kappa shape index (κ3) is 5.84. The van der Waals surface area contributed by atoms with Gasteiger partial charge in [0.25, 0.3) is 0 Å². The Kier molecular flexibility index (Phi) is 6.31. The predicted octanol–water partition coefficient (Wildman–Crippen LogP) is 4.38. The predicted molar refractivity (Wildman–Crippen MR) is 86.2 cm³/mol. The van der Waals surface area contributed by atoms with Crippen molar-refractivity contribution < 1.29 is 9.15 Å². The van der Waals surface area contributed by atoms with Crippen LogP contribution < -0.4 is 5.32 Å². The molecule has 0 aliphatic heterocycles. The Labute approximate surface area is 129 Å². The number of hydrogen-bond acceptors (Lipinski definition) is 3. The average molecular weight is 293 g/mol. The molecule has 1 N–H and O–H groups in total. The zero-order valence-electron chi connectivity index (χ0n) is 13.9. The molecule has 0 unspecified atom stereocenters. The second kappa shape index (κ2) is 8.00. The molecule has 1 heterocycles. The highest BCUT2D eigenvalue weighted by atomic mass is 16.5.